The SMILES string of the molecule is COC(=O)C(NCC(=O)NC(=O)NC(C)C)C(C)C. The molecule has 7 nitrogen and oxygen atoms in total. The Bertz CT molecular complexity index is 329. The van der Waals surface area contributed by atoms with E-state index in [4.69, 9.17) is 0 Å². The maximum atomic E-state index is 11.5. The summed E-state index contributed by atoms with van der Waals surface area (Å²) < 4.78 is 4.63. The minimum Gasteiger partial charge on any atom is -0.468 e. The van der Waals surface area contributed by atoms with E-state index in [0.29, 0.717) is 0 Å². The second kappa shape index (κ2) is 8.47. The Labute approximate surface area is 113 Å². The predicted octanol–water partition coefficient (Wildman–Crippen LogP) is 0.00780. The molecule has 0 radical (unpaired) electrons. The average Bonchev–Trinajstić information content (AvgIpc) is 2.26. The standard InChI is InChI=1S/C12H23N3O4/c1-7(2)10(11(17)19-5)13-6-9(16)15-12(18)14-8(3)4/h7-8,10,13H,6H2,1-5H3,(H2,14,15,16,18). The molecular formula is C12H23N3O4. The van der Waals surface area contributed by atoms with Crippen LogP contribution in [0.2, 0.25) is 0 Å². The van der Waals surface area contributed by atoms with E-state index in [1.807, 2.05) is 13.8 Å². The van der Waals surface area contributed by atoms with Gasteiger partial charge in [-0.1, -0.05) is 13.8 Å². The number of carbonyl (C=O) groups is 3. The number of carbonyl (C=O) groups excluding carboxylic acids is 3. The number of rotatable bonds is 6. The van der Waals surface area contributed by atoms with Crippen molar-refractivity contribution in [2.24, 2.45) is 5.92 Å². The second-order valence-corrected chi connectivity index (χ2v) is 4.80. The quantitative estimate of drug-likeness (QED) is 0.592. The molecule has 0 aliphatic rings. The van der Waals surface area contributed by atoms with E-state index in [1.54, 1.807) is 13.8 Å². The molecule has 110 valence electrons. The van der Waals surface area contributed by atoms with E-state index < -0.39 is 23.9 Å². The average molecular weight is 273 g/mol. The molecule has 0 spiro atoms. The van der Waals surface area contributed by atoms with Crippen LogP contribution >= 0.6 is 0 Å². The first-order valence-electron chi connectivity index (χ1n) is 6.19. The van der Waals surface area contributed by atoms with Crippen molar-refractivity contribution in [1.29, 1.82) is 0 Å². The third-order valence-electron chi connectivity index (χ3n) is 2.28. The van der Waals surface area contributed by atoms with Gasteiger partial charge in [0.05, 0.1) is 13.7 Å². The Hall–Kier alpha value is -1.63. The molecule has 0 heterocycles. The van der Waals surface area contributed by atoms with E-state index in [1.165, 1.54) is 7.11 Å². The number of hydrogen-bond donors (Lipinski definition) is 3. The number of amides is 3. The van der Waals surface area contributed by atoms with E-state index >= 15 is 0 Å². The van der Waals surface area contributed by atoms with Crippen molar-refractivity contribution >= 4 is 17.9 Å². The summed E-state index contributed by atoms with van der Waals surface area (Å²) in [5.74, 6) is -0.966. The van der Waals surface area contributed by atoms with Gasteiger partial charge in [0.2, 0.25) is 5.91 Å². The molecule has 1 atom stereocenters. The molecule has 0 rings (SSSR count). The Kier molecular flexibility index (Phi) is 7.74. The highest BCUT2D eigenvalue weighted by Crippen LogP contribution is 2.02. The monoisotopic (exact) mass is 273 g/mol. The maximum Gasteiger partial charge on any atom is 0.323 e. The van der Waals surface area contributed by atoms with Gasteiger partial charge in [0.25, 0.3) is 0 Å². The molecule has 0 fully saturated rings. The number of hydrogen-bond acceptors (Lipinski definition) is 5. The Morgan fingerprint density at radius 2 is 1.68 bits per heavy atom. The van der Waals surface area contributed by atoms with Gasteiger partial charge in [0.1, 0.15) is 6.04 Å². The summed E-state index contributed by atoms with van der Waals surface area (Å²) in [6.45, 7) is 7.10. The number of nitrogens with one attached hydrogen (secondary N) is 3. The molecule has 0 saturated heterocycles. The zero-order valence-electron chi connectivity index (χ0n) is 12.1. The molecule has 19 heavy (non-hydrogen) atoms. The first-order chi connectivity index (χ1) is 8.77. The second-order valence-electron chi connectivity index (χ2n) is 4.80. The van der Waals surface area contributed by atoms with E-state index in [9.17, 15) is 14.4 Å². The van der Waals surface area contributed by atoms with E-state index in [-0.39, 0.29) is 18.5 Å². The van der Waals surface area contributed by atoms with Gasteiger partial charge in [-0.05, 0) is 19.8 Å². The molecule has 0 aromatic heterocycles. The van der Waals surface area contributed by atoms with Gasteiger partial charge in [-0.25, -0.2) is 4.79 Å². The van der Waals surface area contributed by atoms with Crippen LogP contribution in [0.3, 0.4) is 0 Å². The van der Waals surface area contributed by atoms with Crippen LogP contribution in [-0.4, -0.2) is 43.6 Å². The molecule has 3 amide bonds. The molecule has 0 aromatic rings. The van der Waals surface area contributed by atoms with Crippen molar-refractivity contribution < 1.29 is 19.1 Å². The van der Waals surface area contributed by atoms with Crippen molar-refractivity contribution in [1.82, 2.24) is 16.0 Å². The van der Waals surface area contributed by atoms with Crippen LogP contribution in [0, 0.1) is 5.92 Å². The highest BCUT2D eigenvalue weighted by molar-refractivity contribution is 5.95. The summed E-state index contributed by atoms with van der Waals surface area (Å²) in [5, 5.41) is 7.45. The first kappa shape index (κ1) is 17.4. The number of methoxy groups -OCH3 is 1. The number of imide groups is 1. The van der Waals surface area contributed by atoms with Crippen molar-refractivity contribution in [3.8, 4) is 0 Å². The molecule has 3 N–H and O–H groups in total. The zero-order chi connectivity index (χ0) is 15.0. The maximum absolute atomic E-state index is 11.5. The molecule has 0 saturated carbocycles. The van der Waals surface area contributed by atoms with Crippen LogP contribution in [0.25, 0.3) is 0 Å². The predicted molar refractivity (Wildman–Crippen MR) is 70.5 cm³/mol. The Morgan fingerprint density at radius 1 is 1.11 bits per heavy atom. The van der Waals surface area contributed by atoms with E-state index in [0.717, 1.165) is 0 Å². The summed E-state index contributed by atoms with van der Waals surface area (Å²) in [6.07, 6.45) is 0. The number of urea groups is 1. The first-order valence-corrected chi connectivity index (χ1v) is 6.19. The van der Waals surface area contributed by atoms with Gasteiger partial charge in [-0.15, -0.1) is 0 Å². The van der Waals surface area contributed by atoms with Crippen LogP contribution < -0.4 is 16.0 Å². The van der Waals surface area contributed by atoms with Crippen molar-refractivity contribution in [3.05, 3.63) is 0 Å². The van der Waals surface area contributed by atoms with Gasteiger partial charge < -0.3 is 10.1 Å². The lowest BCUT2D eigenvalue weighted by molar-refractivity contribution is -0.144. The lowest BCUT2D eigenvalue weighted by Crippen LogP contribution is -2.49. The summed E-state index contributed by atoms with van der Waals surface area (Å²) >= 11 is 0. The molecule has 1 unspecified atom stereocenters. The topological polar surface area (TPSA) is 96.5 Å². The summed E-state index contributed by atoms with van der Waals surface area (Å²) in [5.41, 5.74) is 0. The minimum atomic E-state index is -0.580. The fraction of sp³-hybridized carbons (Fsp3) is 0.750. The van der Waals surface area contributed by atoms with E-state index in [2.05, 4.69) is 20.7 Å². The summed E-state index contributed by atoms with van der Waals surface area (Å²) in [6, 6.07) is -1.19. The van der Waals surface area contributed by atoms with Gasteiger partial charge in [-0.3, -0.25) is 20.2 Å². The Balaban J connectivity index is 4.19. The van der Waals surface area contributed by atoms with Gasteiger partial charge in [0.15, 0.2) is 0 Å². The highest BCUT2D eigenvalue weighted by Gasteiger charge is 2.23. The van der Waals surface area contributed by atoms with Gasteiger partial charge in [0, 0.05) is 6.04 Å². The smallest absolute Gasteiger partial charge is 0.323 e. The van der Waals surface area contributed by atoms with Crippen LogP contribution in [0.15, 0.2) is 0 Å². The molecule has 0 aromatic carbocycles. The van der Waals surface area contributed by atoms with Crippen molar-refractivity contribution in [2.75, 3.05) is 13.7 Å². The fourth-order valence-corrected chi connectivity index (χ4v) is 1.39. The molecule has 7 heteroatoms. The van der Waals surface area contributed by atoms with Crippen LogP contribution in [-0.2, 0) is 14.3 Å². The lowest BCUT2D eigenvalue weighted by atomic mass is 10.0. The summed E-state index contributed by atoms with van der Waals surface area (Å²) in [4.78, 5) is 34.2. The van der Waals surface area contributed by atoms with Gasteiger partial charge >= 0.3 is 12.0 Å². The molecule has 0 aliphatic carbocycles. The highest BCUT2D eigenvalue weighted by atomic mass is 16.5. The van der Waals surface area contributed by atoms with Gasteiger partial charge in [-0.2, -0.15) is 0 Å². The Morgan fingerprint density at radius 3 is 2.11 bits per heavy atom. The number of ether oxygens (including phenoxy) is 1. The normalized spacial score (nSPS) is 12.2. The zero-order valence-corrected chi connectivity index (χ0v) is 12.1. The van der Waals surface area contributed by atoms with Crippen LogP contribution in [0.1, 0.15) is 27.7 Å². The minimum absolute atomic E-state index is 0.0234. The van der Waals surface area contributed by atoms with Crippen molar-refractivity contribution in [2.45, 2.75) is 39.8 Å². The van der Waals surface area contributed by atoms with Crippen LogP contribution in [0.4, 0.5) is 4.79 Å². The molecular weight excluding hydrogens is 250 g/mol. The molecule has 0 aliphatic heterocycles. The summed E-state index contributed by atoms with van der Waals surface area (Å²) in [7, 11) is 1.29. The largest absolute Gasteiger partial charge is 0.468 e. The van der Waals surface area contributed by atoms with Crippen molar-refractivity contribution in [3.63, 3.8) is 0 Å². The lowest BCUT2D eigenvalue weighted by Gasteiger charge is -2.19. The molecule has 0 bridgehead atoms. The third-order valence-corrected chi connectivity index (χ3v) is 2.28. The third kappa shape index (κ3) is 7.40. The fourth-order valence-electron chi connectivity index (χ4n) is 1.39. The van der Waals surface area contributed by atoms with Crippen LogP contribution in [0.5, 0.6) is 0 Å². The number of esters is 1.